The van der Waals surface area contributed by atoms with Crippen LogP contribution in [0.1, 0.15) is 46.6 Å². The highest BCUT2D eigenvalue weighted by Crippen LogP contribution is 2.24. The van der Waals surface area contributed by atoms with E-state index in [2.05, 4.69) is 51.7 Å². The Kier molecular flexibility index (Phi) is 6.10. The second kappa shape index (κ2) is 7.67. The van der Waals surface area contributed by atoms with Crippen LogP contribution < -0.4 is 4.74 Å². The molecule has 1 aliphatic heterocycles. The van der Waals surface area contributed by atoms with Gasteiger partial charge in [0, 0.05) is 19.6 Å². The van der Waals surface area contributed by atoms with E-state index in [9.17, 15) is 5.11 Å². The molecule has 3 nitrogen and oxygen atoms in total. The van der Waals surface area contributed by atoms with Crippen molar-refractivity contribution in [1.29, 1.82) is 0 Å². The first-order valence-electron chi connectivity index (χ1n) is 8.88. The fourth-order valence-corrected chi connectivity index (χ4v) is 3.54. The lowest BCUT2D eigenvalue weighted by Gasteiger charge is -2.35. The quantitative estimate of drug-likeness (QED) is 0.898. The number of hydrogen-bond acceptors (Lipinski definition) is 3. The normalized spacial score (nSPS) is 24.4. The molecule has 0 aliphatic carbocycles. The molecule has 2 rings (SSSR count). The second-order valence-corrected chi connectivity index (χ2v) is 8.40. The molecule has 1 N–H and O–H groups in total. The molecule has 3 unspecified atom stereocenters. The van der Waals surface area contributed by atoms with Crippen LogP contribution in [-0.4, -0.2) is 42.4 Å². The molecule has 130 valence electrons. The molecule has 23 heavy (non-hydrogen) atoms. The average Bonchev–Trinajstić information content (AvgIpc) is 2.43. The lowest BCUT2D eigenvalue weighted by atomic mass is 9.87. The van der Waals surface area contributed by atoms with Gasteiger partial charge in [0.1, 0.15) is 18.5 Å². The Hall–Kier alpha value is -1.06. The van der Waals surface area contributed by atoms with Crippen molar-refractivity contribution in [2.75, 3.05) is 26.2 Å². The van der Waals surface area contributed by atoms with Crippen molar-refractivity contribution in [2.45, 2.75) is 52.6 Å². The highest BCUT2D eigenvalue weighted by atomic mass is 16.5. The van der Waals surface area contributed by atoms with Crippen molar-refractivity contribution < 1.29 is 9.84 Å². The molecule has 1 aliphatic rings. The maximum atomic E-state index is 10.3. The summed E-state index contributed by atoms with van der Waals surface area (Å²) >= 11 is 0. The third-order valence-electron chi connectivity index (χ3n) is 4.58. The Bertz CT molecular complexity index is 467. The van der Waals surface area contributed by atoms with E-state index in [4.69, 9.17) is 4.74 Å². The van der Waals surface area contributed by atoms with E-state index in [0.29, 0.717) is 13.2 Å². The second-order valence-electron chi connectivity index (χ2n) is 8.40. The van der Waals surface area contributed by atoms with E-state index in [1.54, 1.807) is 0 Å². The molecule has 0 amide bonds. The van der Waals surface area contributed by atoms with Crippen LogP contribution >= 0.6 is 0 Å². The number of rotatable bonds is 5. The van der Waals surface area contributed by atoms with Gasteiger partial charge in [-0.2, -0.15) is 0 Å². The molecule has 1 aromatic rings. The number of nitrogens with zero attached hydrogens (tertiary/aromatic N) is 1. The summed E-state index contributed by atoms with van der Waals surface area (Å²) in [5.74, 6) is 2.27. The monoisotopic (exact) mass is 319 g/mol. The molecule has 0 bridgehead atoms. The first kappa shape index (κ1) is 18.3. The summed E-state index contributed by atoms with van der Waals surface area (Å²) < 4.78 is 5.75. The number of aliphatic hydroxyl groups is 1. The molecular formula is C20H33NO2. The van der Waals surface area contributed by atoms with Gasteiger partial charge < -0.3 is 14.7 Å². The minimum absolute atomic E-state index is 0.152. The fraction of sp³-hybridized carbons (Fsp3) is 0.700. The fourth-order valence-electron chi connectivity index (χ4n) is 3.54. The van der Waals surface area contributed by atoms with Crippen LogP contribution in [0.2, 0.25) is 0 Å². The van der Waals surface area contributed by atoms with Gasteiger partial charge in [0.25, 0.3) is 0 Å². The van der Waals surface area contributed by atoms with Gasteiger partial charge in [0.05, 0.1) is 0 Å². The predicted molar refractivity (Wildman–Crippen MR) is 96.0 cm³/mol. The standard InChI is InChI=1S/C20H33NO2/c1-15-10-16(2)12-21(11-15)13-18(22)14-23-19-8-6-17(7-9-19)20(3,4)5/h6-9,15-16,18,22H,10-14H2,1-5H3. The van der Waals surface area contributed by atoms with Crippen LogP contribution in [0, 0.1) is 11.8 Å². The summed E-state index contributed by atoms with van der Waals surface area (Å²) in [5.41, 5.74) is 1.45. The molecule has 0 radical (unpaired) electrons. The van der Waals surface area contributed by atoms with Gasteiger partial charge in [-0.25, -0.2) is 0 Å². The van der Waals surface area contributed by atoms with E-state index in [1.165, 1.54) is 12.0 Å². The third kappa shape index (κ3) is 5.82. The van der Waals surface area contributed by atoms with Crippen LogP contribution in [0.25, 0.3) is 0 Å². The molecule has 0 spiro atoms. The van der Waals surface area contributed by atoms with E-state index in [-0.39, 0.29) is 5.41 Å². The summed E-state index contributed by atoms with van der Waals surface area (Å²) in [7, 11) is 0. The zero-order valence-corrected chi connectivity index (χ0v) is 15.4. The number of ether oxygens (including phenoxy) is 1. The maximum Gasteiger partial charge on any atom is 0.119 e. The molecule has 1 heterocycles. The number of likely N-dealkylation sites (tertiary alicyclic amines) is 1. The number of benzene rings is 1. The molecular weight excluding hydrogens is 286 g/mol. The van der Waals surface area contributed by atoms with Crippen LogP contribution in [-0.2, 0) is 5.41 Å². The molecule has 3 atom stereocenters. The van der Waals surface area contributed by atoms with E-state index in [1.807, 2.05) is 12.1 Å². The van der Waals surface area contributed by atoms with Crippen molar-refractivity contribution in [3.8, 4) is 5.75 Å². The summed E-state index contributed by atoms with van der Waals surface area (Å²) in [6, 6.07) is 8.21. The van der Waals surface area contributed by atoms with E-state index < -0.39 is 6.10 Å². The summed E-state index contributed by atoms with van der Waals surface area (Å²) in [5, 5.41) is 10.3. The van der Waals surface area contributed by atoms with Gasteiger partial charge in [0.15, 0.2) is 0 Å². The van der Waals surface area contributed by atoms with Crippen molar-refractivity contribution in [3.63, 3.8) is 0 Å². The molecule has 0 aromatic heterocycles. The third-order valence-corrected chi connectivity index (χ3v) is 4.58. The first-order chi connectivity index (χ1) is 10.7. The topological polar surface area (TPSA) is 32.7 Å². The van der Waals surface area contributed by atoms with E-state index >= 15 is 0 Å². The van der Waals surface area contributed by atoms with Crippen molar-refractivity contribution in [2.24, 2.45) is 11.8 Å². The number of piperidine rings is 1. The molecule has 1 saturated heterocycles. The lowest BCUT2D eigenvalue weighted by Crippen LogP contribution is -2.44. The minimum Gasteiger partial charge on any atom is -0.491 e. The maximum absolute atomic E-state index is 10.3. The van der Waals surface area contributed by atoms with Gasteiger partial charge in [-0.3, -0.25) is 0 Å². The highest BCUT2D eigenvalue weighted by molar-refractivity contribution is 5.31. The Balaban J connectivity index is 1.79. The smallest absolute Gasteiger partial charge is 0.119 e. The predicted octanol–water partition coefficient (Wildman–Crippen LogP) is 3.70. The SMILES string of the molecule is CC1CC(C)CN(CC(O)COc2ccc(C(C)(C)C)cc2)C1. The minimum atomic E-state index is -0.435. The number of hydrogen-bond donors (Lipinski definition) is 1. The summed E-state index contributed by atoms with van der Waals surface area (Å²) in [6.45, 7) is 14.4. The van der Waals surface area contributed by atoms with Crippen LogP contribution in [0.5, 0.6) is 5.75 Å². The van der Waals surface area contributed by atoms with Crippen LogP contribution in [0.15, 0.2) is 24.3 Å². The summed E-state index contributed by atoms with van der Waals surface area (Å²) in [4.78, 5) is 2.37. The van der Waals surface area contributed by atoms with Gasteiger partial charge in [0.2, 0.25) is 0 Å². The van der Waals surface area contributed by atoms with Gasteiger partial charge >= 0.3 is 0 Å². The van der Waals surface area contributed by atoms with Gasteiger partial charge in [-0.1, -0.05) is 46.8 Å². The molecule has 0 saturated carbocycles. The van der Waals surface area contributed by atoms with Gasteiger partial charge in [-0.15, -0.1) is 0 Å². The Morgan fingerprint density at radius 3 is 2.22 bits per heavy atom. The average molecular weight is 319 g/mol. The zero-order valence-electron chi connectivity index (χ0n) is 15.4. The van der Waals surface area contributed by atoms with Crippen molar-refractivity contribution in [3.05, 3.63) is 29.8 Å². The Morgan fingerprint density at radius 2 is 1.70 bits per heavy atom. The Labute approximate surface area is 141 Å². The lowest BCUT2D eigenvalue weighted by molar-refractivity contribution is 0.0429. The first-order valence-corrected chi connectivity index (χ1v) is 8.88. The molecule has 3 heteroatoms. The molecule has 1 aromatic carbocycles. The number of aliphatic hydroxyl groups excluding tert-OH is 1. The summed E-state index contributed by atoms with van der Waals surface area (Å²) in [6.07, 6.45) is 0.859. The van der Waals surface area contributed by atoms with Crippen LogP contribution in [0.4, 0.5) is 0 Å². The van der Waals surface area contributed by atoms with Crippen molar-refractivity contribution in [1.82, 2.24) is 4.90 Å². The van der Waals surface area contributed by atoms with Crippen molar-refractivity contribution >= 4 is 0 Å². The number of β-amino-alcohol motifs (C(OH)–C–C–N with tert-alkyl or cyclic N) is 1. The van der Waals surface area contributed by atoms with Gasteiger partial charge in [-0.05, 0) is 41.4 Å². The largest absolute Gasteiger partial charge is 0.491 e. The van der Waals surface area contributed by atoms with E-state index in [0.717, 1.165) is 30.7 Å². The highest BCUT2D eigenvalue weighted by Gasteiger charge is 2.23. The zero-order chi connectivity index (χ0) is 17.0. The molecule has 1 fully saturated rings. The Morgan fingerprint density at radius 1 is 1.13 bits per heavy atom. The van der Waals surface area contributed by atoms with Crippen LogP contribution in [0.3, 0.4) is 0 Å².